The van der Waals surface area contributed by atoms with Gasteiger partial charge in [-0.15, -0.1) is 0 Å². The highest BCUT2D eigenvalue weighted by molar-refractivity contribution is 5.86. The molecule has 90 valence electrons. The van der Waals surface area contributed by atoms with Crippen molar-refractivity contribution in [1.82, 2.24) is 4.98 Å². The number of nitrogens with two attached hydrogens (primary N) is 1. The molecule has 1 aliphatic rings. The monoisotopic (exact) mass is 236 g/mol. The number of halogens is 2. The van der Waals surface area contributed by atoms with Crippen molar-refractivity contribution in [1.29, 1.82) is 0 Å². The highest BCUT2D eigenvalue weighted by atomic mass is 19.1. The fourth-order valence-electron chi connectivity index (χ4n) is 2.72. The average molecular weight is 236 g/mol. The van der Waals surface area contributed by atoms with Crippen molar-refractivity contribution < 1.29 is 8.78 Å². The number of nitrogens with one attached hydrogen (secondary N) is 1. The van der Waals surface area contributed by atoms with Crippen molar-refractivity contribution in [3.05, 3.63) is 35.0 Å². The van der Waals surface area contributed by atoms with Crippen molar-refractivity contribution in [2.45, 2.75) is 31.7 Å². The highest BCUT2D eigenvalue weighted by Gasteiger charge is 2.22. The number of aromatic amines is 1. The Morgan fingerprint density at radius 3 is 2.88 bits per heavy atom. The minimum absolute atomic E-state index is 0.123. The molecule has 0 saturated heterocycles. The van der Waals surface area contributed by atoms with Crippen LogP contribution < -0.4 is 5.73 Å². The number of hydrogen-bond acceptors (Lipinski definition) is 1. The van der Waals surface area contributed by atoms with Crippen LogP contribution in [0.15, 0.2) is 12.1 Å². The Morgan fingerprint density at radius 1 is 1.24 bits per heavy atom. The first-order valence-electron chi connectivity index (χ1n) is 5.92. The molecule has 0 aliphatic heterocycles. The normalized spacial score (nSPS) is 20.3. The Hall–Kier alpha value is -1.42. The molecule has 0 saturated carbocycles. The number of fused-ring (bicyclic) bond motifs is 3. The maximum Gasteiger partial charge on any atom is 0.150 e. The molecule has 2 aromatic rings. The Labute approximate surface area is 97.8 Å². The van der Waals surface area contributed by atoms with E-state index in [-0.39, 0.29) is 6.04 Å². The van der Waals surface area contributed by atoms with Gasteiger partial charge in [0.25, 0.3) is 0 Å². The van der Waals surface area contributed by atoms with E-state index in [4.69, 9.17) is 5.73 Å². The van der Waals surface area contributed by atoms with E-state index >= 15 is 0 Å². The summed E-state index contributed by atoms with van der Waals surface area (Å²) in [5, 5.41) is 0.604. The molecule has 2 nitrogen and oxygen atoms in total. The lowest BCUT2D eigenvalue weighted by Crippen LogP contribution is -2.09. The van der Waals surface area contributed by atoms with Gasteiger partial charge in [0.15, 0.2) is 0 Å². The standard InChI is InChI=1S/C13H14F2N2/c14-7-5-8-12-10(16)3-1-2-4-11(12)17-13(8)9(15)6-7/h5-6,10,17H,1-4,16H2. The van der Waals surface area contributed by atoms with E-state index in [1.807, 2.05) is 0 Å². The summed E-state index contributed by atoms with van der Waals surface area (Å²) in [7, 11) is 0. The Balaban J connectivity index is 2.32. The third kappa shape index (κ3) is 1.63. The van der Waals surface area contributed by atoms with Gasteiger partial charge in [0, 0.05) is 23.2 Å². The fraction of sp³-hybridized carbons (Fsp3) is 0.385. The van der Waals surface area contributed by atoms with Crippen LogP contribution in [0.1, 0.15) is 36.6 Å². The van der Waals surface area contributed by atoms with E-state index < -0.39 is 11.6 Å². The second kappa shape index (κ2) is 3.81. The van der Waals surface area contributed by atoms with E-state index in [9.17, 15) is 8.78 Å². The van der Waals surface area contributed by atoms with Gasteiger partial charge < -0.3 is 10.7 Å². The number of rotatable bonds is 0. The van der Waals surface area contributed by atoms with E-state index in [0.717, 1.165) is 43.0 Å². The third-order valence-corrected chi connectivity index (χ3v) is 3.51. The molecular weight excluding hydrogens is 222 g/mol. The molecule has 0 fully saturated rings. The highest BCUT2D eigenvalue weighted by Crippen LogP contribution is 2.34. The van der Waals surface area contributed by atoms with Crippen LogP contribution in [0.2, 0.25) is 0 Å². The summed E-state index contributed by atoms with van der Waals surface area (Å²) < 4.78 is 26.9. The predicted molar refractivity (Wildman–Crippen MR) is 62.7 cm³/mol. The van der Waals surface area contributed by atoms with E-state index in [2.05, 4.69) is 4.98 Å². The first-order chi connectivity index (χ1) is 8.16. The van der Waals surface area contributed by atoms with Crippen LogP contribution in [0, 0.1) is 11.6 Å². The quantitative estimate of drug-likeness (QED) is 0.678. The van der Waals surface area contributed by atoms with Crippen LogP contribution in [0.4, 0.5) is 8.78 Å². The van der Waals surface area contributed by atoms with Gasteiger partial charge in [0.2, 0.25) is 0 Å². The van der Waals surface area contributed by atoms with Gasteiger partial charge in [0.1, 0.15) is 11.6 Å². The van der Waals surface area contributed by atoms with E-state index in [1.54, 1.807) is 0 Å². The zero-order valence-corrected chi connectivity index (χ0v) is 9.39. The maximum absolute atomic E-state index is 13.7. The third-order valence-electron chi connectivity index (χ3n) is 3.51. The summed E-state index contributed by atoms with van der Waals surface area (Å²) in [5.41, 5.74) is 8.34. The molecule has 1 unspecified atom stereocenters. The second-order valence-electron chi connectivity index (χ2n) is 4.68. The van der Waals surface area contributed by atoms with Crippen molar-refractivity contribution in [3.63, 3.8) is 0 Å². The zero-order valence-electron chi connectivity index (χ0n) is 9.39. The molecular formula is C13H14F2N2. The summed E-state index contributed by atoms with van der Waals surface area (Å²) in [6.45, 7) is 0. The number of benzene rings is 1. The number of H-pyrrole nitrogens is 1. The van der Waals surface area contributed by atoms with E-state index in [1.165, 1.54) is 6.07 Å². The van der Waals surface area contributed by atoms with Gasteiger partial charge >= 0.3 is 0 Å². The van der Waals surface area contributed by atoms with Gasteiger partial charge in [-0.3, -0.25) is 0 Å². The first kappa shape index (κ1) is 10.7. The molecule has 1 aromatic heterocycles. The first-order valence-corrected chi connectivity index (χ1v) is 5.92. The number of aromatic nitrogens is 1. The van der Waals surface area contributed by atoms with Crippen LogP contribution in [-0.4, -0.2) is 4.98 Å². The van der Waals surface area contributed by atoms with Gasteiger partial charge in [-0.1, -0.05) is 6.42 Å². The summed E-state index contributed by atoms with van der Waals surface area (Å²) in [4.78, 5) is 3.06. The molecule has 4 heteroatoms. The molecule has 0 bridgehead atoms. The molecule has 0 amide bonds. The molecule has 3 rings (SSSR count). The number of aryl methyl sites for hydroxylation is 1. The zero-order chi connectivity index (χ0) is 12.0. The SMILES string of the molecule is NC1CCCCc2[nH]c3c(F)cc(F)cc3c21. The van der Waals surface area contributed by atoms with Crippen molar-refractivity contribution >= 4 is 10.9 Å². The van der Waals surface area contributed by atoms with Crippen molar-refractivity contribution in [2.24, 2.45) is 5.73 Å². The summed E-state index contributed by atoms with van der Waals surface area (Å²) in [6, 6.07) is 2.16. The van der Waals surface area contributed by atoms with Crippen molar-refractivity contribution in [2.75, 3.05) is 0 Å². The second-order valence-corrected chi connectivity index (χ2v) is 4.68. The predicted octanol–water partition coefficient (Wildman–Crippen LogP) is 3.17. The van der Waals surface area contributed by atoms with Gasteiger partial charge in [0.05, 0.1) is 5.52 Å². The summed E-state index contributed by atoms with van der Waals surface area (Å²) >= 11 is 0. The molecule has 1 heterocycles. The maximum atomic E-state index is 13.7. The Kier molecular flexibility index (Phi) is 2.40. The van der Waals surface area contributed by atoms with Crippen LogP contribution in [0.3, 0.4) is 0 Å². The average Bonchev–Trinajstić information content (AvgIpc) is 2.53. The van der Waals surface area contributed by atoms with Crippen LogP contribution in [0.25, 0.3) is 10.9 Å². The molecule has 1 aromatic carbocycles. The van der Waals surface area contributed by atoms with Crippen LogP contribution in [-0.2, 0) is 6.42 Å². The lowest BCUT2D eigenvalue weighted by atomic mass is 10.0. The summed E-state index contributed by atoms with van der Waals surface area (Å²) in [5.74, 6) is -1.09. The molecule has 1 aliphatic carbocycles. The van der Waals surface area contributed by atoms with Gasteiger partial charge in [-0.25, -0.2) is 8.78 Å². The van der Waals surface area contributed by atoms with Gasteiger partial charge in [-0.05, 0) is 30.9 Å². The topological polar surface area (TPSA) is 41.8 Å². The minimum Gasteiger partial charge on any atom is -0.356 e. The molecule has 0 spiro atoms. The molecule has 17 heavy (non-hydrogen) atoms. The molecule has 3 N–H and O–H groups in total. The minimum atomic E-state index is -0.548. The van der Waals surface area contributed by atoms with Crippen LogP contribution >= 0.6 is 0 Å². The summed E-state index contributed by atoms with van der Waals surface area (Å²) in [6.07, 6.45) is 3.83. The molecule has 0 radical (unpaired) electrons. The lowest BCUT2D eigenvalue weighted by Gasteiger charge is -2.09. The van der Waals surface area contributed by atoms with Crippen molar-refractivity contribution in [3.8, 4) is 0 Å². The van der Waals surface area contributed by atoms with E-state index in [0.29, 0.717) is 10.9 Å². The smallest absolute Gasteiger partial charge is 0.150 e. The van der Waals surface area contributed by atoms with Crippen LogP contribution in [0.5, 0.6) is 0 Å². The molecule has 1 atom stereocenters. The lowest BCUT2D eigenvalue weighted by molar-refractivity contribution is 0.589. The van der Waals surface area contributed by atoms with Gasteiger partial charge in [-0.2, -0.15) is 0 Å². The fourth-order valence-corrected chi connectivity index (χ4v) is 2.72. The largest absolute Gasteiger partial charge is 0.356 e. The number of hydrogen-bond donors (Lipinski definition) is 2. The Bertz CT molecular complexity index is 574. The Morgan fingerprint density at radius 2 is 2.06 bits per heavy atom.